The number of aliphatic hydroxyl groups is 3. The smallest absolute Gasteiger partial charge is 0.341 e. The molecule has 2 unspecified atom stereocenters. The summed E-state index contributed by atoms with van der Waals surface area (Å²) in [5.41, 5.74) is -6.63. The highest BCUT2D eigenvalue weighted by Crippen LogP contribution is 2.81. The van der Waals surface area contributed by atoms with Gasteiger partial charge in [0.25, 0.3) is 0 Å². The van der Waals surface area contributed by atoms with E-state index in [9.17, 15) is 34.5 Å². The number of carbonyl (C=O) groups is 4. The minimum atomic E-state index is -2.08. The molecule has 3 heterocycles. The first-order valence-electron chi connectivity index (χ1n) is 18.2. The zero-order chi connectivity index (χ0) is 36.6. The van der Waals surface area contributed by atoms with Crippen LogP contribution in [-0.2, 0) is 47.6 Å². The van der Waals surface area contributed by atoms with Gasteiger partial charge in [-0.25, -0.2) is 4.79 Å². The van der Waals surface area contributed by atoms with Crippen molar-refractivity contribution >= 4 is 23.9 Å². The van der Waals surface area contributed by atoms with Crippen molar-refractivity contribution in [2.45, 2.75) is 142 Å². The molecule has 5 saturated carbocycles. The van der Waals surface area contributed by atoms with Crippen molar-refractivity contribution in [2.75, 3.05) is 0 Å². The van der Waals surface area contributed by atoms with Gasteiger partial charge in [0.15, 0.2) is 5.60 Å². The monoisotopic (exact) mass is 704 g/mol. The van der Waals surface area contributed by atoms with Gasteiger partial charge in [-0.15, -0.1) is 0 Å². The highest BCUT2D eigenvalue weighted by molar-refractivity contribution is 5.84. The summed E-state index contributed by atoms with van der Waals surface area (Å²) < 4.78 is 37.4. The van der Waals surface area contributed by atoms with Gasteiger partial charge in [0.05, 0.1) is 29.1 Å². The Bertz CT molecular complexity index is 1550. The minimum Gasteiger partial charge on any atom is -0.461 e. The van der Waals surface area contributed by atoms with Crippen LogP contribution in [0.3, 0.4) is 0 Å². The molecule has 20 atom stereocenters. The Hall–Kier alpha value is -2.32. The number of hydrogen-bond donors (Lipinski definition) is 3. The number of fused-ring (bicyclic) bond motifs is 9. The zero-order valence-electron chi connectivity index (χ0n) is 30.5. The molecule has 8 aliphatic rings. The number of carbonyl (C=O) groups excluding carboxylic acids is 4. The maximum absolute atomic E-state index is 14.1. The first kappa shape index (κ1) is 34.7. The molecule has 13 heteroatoms. The Morgan fingerprint density at radius 1 is 0.860 bits per heavy atom. The van der Waals surface area contributed by atoms with Gasteiger partial charge >= 0.3 is 23.9 Å². The first-order valence-corrected chi connectivity index (χ1v) is 18.2. The van der Waals surface area contributed by atoms with Crippen LogP contribution in [0, 0.1) is 63.1 Å². The standard InChI is InChI=1S/C37H52O13/c1-13-20-23(35(9)36(10,44)31(43)50-37(35)28(13)49-37)25(48-30(42)32(4,5)6)21-19-17(40)11-16-12-18-24(47-18)27(41)33(16,7)22(19)26(45-14(2)38)29(34(20,21)8)46-15(3)39/h13,16-29,40-41,44H,11-12H2,1-10H3/t13-,16-,17-,18-,19?,20-,21+,22?,23-,24-,25+,26-,27-,28+,29-,33-,34+,35-,36+,37-/m0/s1. The fourth-order valence-electron chi connectivity index (χ4n) is 13.1. The fourth-order valence-corrected chi connectivity index (χ4v) is 13.1. The molecule has 3 aliphatic heterocycles. The van der Waals surface area contributed by atoms with Crippen LogP contribution in [0.25, 0.3) is 0 Å². The molecular weight excluding hydrogens is 652 g/mol. The number of aliphatic hydroxyl groups excluding tert-OH is 2. The third kappa shape index (κ3) is 3.86. The van der Waals surface area contributed by atoms with Crippen LogP contribution < -0.4 is 0 Å². The molecule has 5 aliphatic carbocycles. The van der Waals surface area contributed by atoms with Crippen LogP contribution in [0.1, 0.15) is 82.1 Å². The van der Waals surface area contributed by atoms with Gasteiger partial charge < -0.3 is 43.7 Å². The number of hydrogen-bond acceptors (Lipinski definition) is 13. The van der Waals surface area contributed by atoms with E-state index < -0.39 is 135 Å². The lowest BCUT2D eigenvalue weighted by Gasteiger charge is -2.65. The van der Waals surface area contributed by atoms with Crippen LogP contribution in [0.2, 0.25) is 0 Å². The van der Waals surface area contributed by atoms with Crippen molar-refractivity contribution in [1.82, 2.24) is 0 Å². The lowest BCUT2D eigenvalue weighted by atomic mass is 9.41. The van der Waals surface area contributed by atoms with E-state index >= 15 is 0 Å². The minimum absolute atomic E-state index is 0.141. The molecule has 1 spiro atoms. The van der Waals surface area contributed by atoms with E-state index in [1.165, 1.54) is 20.8 Å². The molecule has 0 bridgehead atoms. The van der Waals surface area contributed by atoms with Gasteiger partial charge in [0, 0.05) is 42.4 Å². The number of esters is 4. The average Bonchev–Trinajstić information content (AvgIpc) is 3.90. The quantitative estimate of drug-likeness (QED) is 0.220. The number of epoxide rings is 2. The highest BCUT2D eigenvalue weighted by atomic mass is 16.8. The summed E-state index contributed by atoms with van der Waals surface area (Å²) in [4.78, 5) is 53.9. The van der Waals surface area contributed by atoms with Crippen molar-refractivity contribution in [2.24, 2.45) is 63.1 Å². The van der Waals surface area contributed by atoms with Gasteiger partial charge in [-0.2, -0.15) is 0 Å². The van der Waals surface area contributed by atoms with E-state index in [0.717, 1.165) is 0 Å². The largest absolute Gasteiger partial charge is 0.461 e. The van der Waals surface area contributed by atoms with E-state index in [0.29, 0.717) is 12.8 Å². The molecule has 50 heavy (non-hydrogen) atoms. The summed E-state index contributed by atoms with van der Waals surface area (Å²) in [5, 5.41) is 36.6. The molecule has 0 aromatic heterocycles. The molecule has 3 saturated heterocycles. The number of ether oxygens (including phenoxy) is 6. The van der Waals surface area contributed by atoms with E-state index in [4.69, 9.17) is 28.4 Å². The maximum Gasteiger partial charge on any atom is 0.341 e. The summed E-state index contributed by atoms with van der Waals surface area (Å²) in [6, 6.07) is 0. The third-order valence-corrected chi connectivity index (χ3v) is 15.4. The summed E-state index contributed by atoms with van der Waals surface area (Å²) in [5.74, 6) is -8.33. The van der Waals surface area contributed by atoms with Crippen molar-refractivity contribution in [3.8, 4) is 0 Å². The Labute approximate surface area is 292 Å². The molecule has 0 radical (unpaired) electrons. The summed E-state index contributed by atoms with van der Waals surface area (Å²) >= 11 is 0. The first-order chi connectivity index (χ1) is 23.0. The fraction of sp³-hybridized carbons (Fsp3) is 0.892. The van der Waals surface area contributed by atoms with Gasteiger partial charge in [-0.05, 0) is 71.1 Å². The average molecular weight is 705 g/mol. The van der Waals surface area contributed by atoms with Crippen molar-refractivity contribution in [1.29, 1.82) is 0 Å². The lowest BCUT2D eigenvalue weighted by molar-refractivity contribution is -0.281. The van der Waals surface area contributed by atoms with Crippen LogP contribution in [0.15, 0.2) is 0 Å². The second kappa shape index (κ2) is 10.0. The Balaban J connectivity index is 1.41. The van der Waals surface area contributed by atoms with Crippen LogP contribution in [0.4, 0.5) is 0 Å². The van der Waals surface area contributed by atoms with Gasteiger partial charge in [0.2, 0.25) is 5.79 Å². The van der Waals surface area contributed by atoms with Gasteiger partial charge in [0.1, 0.15) is 30.5 Å². The van der Waals surface area contributed by atoms with Crippen molar-refractivity contribution in [3.63, 3.8) is 0 Å². The van der Waals surface area contributed by atoms with Crippen molar-refractivity contribution < 1.29 is 62.9 Å². The number of rotatable bonds is 3. The maximum atomic E-state index is 14.1. The molecule has 13 nitrogen and oxygen atoms in total. The second-order valence-electron chi connectivity index (χ2n) is 18.7. The SMILES string of the molecule is CC(=O)O[C@H]1C2C([C@@H]3[C@@H](OC(=O)C(C)(C)C)[C@@H]4[C@H]([C@H](C)[C@H]5O[C@]56OC(=O)[C@@](C)(O)[C@]46C)[C@@]3(C)[C@H]1OC(C)=O)[C@@H](O)C[C@H]1C[C@@H]3O[C@@H]3[C@H](O)[C@]21C. The van der Waals surface area contributed by atoms with Gasteiger partial charge in [-0.3, -0.25) is 14.4 Å². The molecule has 8 rings (SSSR count). The van der Waals surface area contributed by atoms with E-state index in [1.807, 2.05) is 20.8 Å². The third-order valence-electron chi connectivity index (χ3n) is 15.4. The van der Waals surface area contributed by atoms with E-state index in [2.05, 4.69) is 0 Å². The van der Waals surface area contributed by atoms with Crippen LogP contribution >= 0.6 is 0 Å². The van der Waals surface area contributed by atoms with Crippen LogP contribution in [-0.4, -0.2) is 99.4 Å². The summed E-state index contributed by atoms with van der Waals surface area (Å²) in [6.07, 6.45) is -5.55. The Kier molecular flexibility index (Phi) is 6.95. The Morgan fingerprint density at radius 2 is 1.48 bits per heavy atom. The highest BCUT2D eigenvalue weighted by Gasteiger charge is 2.93. The second-order valence-corrected chi connectivity index (χ2v) is 18.7. The predicted octanol–water partition coefficient (Wildman–Crippen LogP) is 1.90. The zero-order valence-corrected chi connectivity index (χ0v) is 30.5. The molecule has 0 amide bonds. The molecule has 0 aromatic carbocycles. The van der Waals surface area contributed by atoms with E-state index in [1.54, 1.807) is 27.7 Å². The molecule has 8 fully saturated rings. The predicted molar refractivity (Wildman–Crippen MR) is 169 cm³/mol. The van der Waals surface area contributed by atoms with Crippen molar-refractivity contribution in [3.05, 3.63) is 0 Å². The molecular formula is C37H52O13. The Morgan fingerprint density at radius 3 is 2.08 bits per heavy atom. The normalized spacial score (nSPS) is 58.0. The van der Waals surface area contributed by atoms with E-state index in [-0.39, 0.29) is 12.0 Å². The summed E-state index contributed by atoms with van der Waals surface area (Å²) in [6.45, 7) is 16.8. The lowest BCUT2D eigenvalue weighted by Crippen LogP contribution is -2.72. The van der Waals surface area contributed by atoms with Gasteiger partial charge in [-0.1, -0.05) is 20.8 Å². The van der Waals surface area contributed by atoms with Crippen LogP contribution in [0.5, 0.6) is 0 Å². The topological polar surface area (TPSA) is 191 Å². The molecule has 278 valence electrons. The summed E-state index contributed by atoms with van der Waals surface area (Å²) in [7, 11) is 0. The molecule has 0 aromatic rings. The molecule has 3 N–H and O–H groups in total.